The Bertz CT molecular complexity index is 993. The molecule has 2 fully saturated rings. The van der Waals surface area contributed by atoms with Gasteiger partial charge in [-0.2, -0.15) is 0 Å². The Morgan fingerprint density at radius 1 is 1.11 bits per heavy atom. The largest absolute Gasteiger partial charge is 0.385 e. The van der Waals surface area contributed by atoms with Gasteiger partial charge in [-0.05, 0) is 51.8 Å². The molecule has 1 aromatic heterocycles. The molecule has 2 aromatic rings. The van der Waals surface area contributed by atoms with Crippen LogP contribution in [0.25, 0.3) is 0 Å². The summed E-state index contributed by atoms with van der Waals surface area (Å²) < 4.78 is 5.26. The van der Waals surface area contributed by atoms with Crippen LogP contribution in [0.3, 0.4) is 0 Å². The van der Waals surface area contributed by atoms with Crippen LogP contribution in [0.5, 0.6) is 0 Å². The summed E-state index contributed by atoms with van der Waals surface area (Å²) in [5, 5.41) is 2.79. The Kier molecular flexibility index (Phi) is 7.66. The molecule has 0 atom stereocenters. The van der Waals surface area contributed by atoms with E-state index < -0.39 is 0 Å². The van der Waals surface area contributed by atoms with Crippen LogP contribution in [0.2, 0.25) is 0 Å². The molecule has 2 heterocycles. The highest BCUT2D eigenvalue weighted by atomic mass is 16.5. The van der Waals surface area contributed by atoms with Gasteiger partial charge in [0.2, 0.25) is 5.91 Å². The van der Waals surface area contributed by atoms with Crippen molar-refractivity contribution in [3.8, 4) is 0 Å². The number of amides is 3. The molecule has 1 aliphatic heterocycles. The van der Waals surface area contributed by atoms with Crippen LogP contribution in [0.1, 0.15) is 37.7 Å². The smallest absolute Gasteiger partial charge is 0.321 e. The first kappa shape index (κ1) is 25.1. The van der Waals surface area contributed by atoms with Crippen LogP contribution >= 0.6 is 0 Å². The maximum Gasteiger partial charge on any atom is 0.321 e. The maximum atomic E-state index is 13.5. The second kappa shape index (κ2) is 10.7. The summed E-state index contributed by atoms with van der Waals surface area (Å²) in [4.78, 5) is 40.1. The Labute approximate surface area is 207 Å². The van der Waals surface area contributed by atoms with Gasteiger partial charge in [-0.3, -0.25) is 9.69 Å². The number of urea groups is 1. The number of hydrogen-bond donors (Lipinski definition) is 1. The zero-order valence-corrected chi connectivity index (χ0v) is 20.9. The molecule has 1 aromatic carbocycles. The van der Waals surface area contributed by atoms with Gasteiger partial charge < -0.3 is 19.9 Å². The molecule has 2 aliphatic rings. The fourth-order valence-corrected chi connectivity index (χ4v) is 5.74. The Hall–Kier alpha value is -3.04. The average molecular weight is 481 g/mol. The van der Waals surface area contributed by atoms with E-state index in [0.29, 0.717) is 25.4 Å². The van der Waals surface area contributed by atoms with Gasteiger partial charge in [-0.25, -0.2) is 14.8 Å². The van der Waals surface area contributed by atoms with Gasteiger partial charge in [0.05, 0.1) is 23.6 Å². The van der Waals surface area contributed by atoms with E-state index in [-0.39, 0.29) is 29.6 Å². The molecule has 1 saturated carbocycles. The molecule has 0 radical (unpaired) electrons. The minimum atomic E-state index is -0.282. The number of hydrogen-bond acceptors (Lipinski definition) is 6. The lowest BCUT2D eigenvalue weighted by atomic mass is 9.68. The van der Waals surface area contributed by atoms with E-state index in [1.54, 1.807) is 24.4 Å². The molecule has 9 heteroatoms. The van der Waals surface area contributed by atoms with Crippen molar-refractivity contribution in [3.05, 3.63) is 54.6 Å². The maximum absolute atomic E-state index is 13.5. The second-order valence-electron chi connectivity index (χ2n) is 9.83. The van der Waals surface area contributed by atoms with Crippen LogP contribution < -0.4 is 5.32 Å². The van der Waals surface area contributed by atoms with E-state index in [4.69, 9.17) is 4.74 Å². The van der Waals surface area contributed by atoms with Crippen LogP contribution in [0.4, 0.5) is 10.5 Å². The van der Waals surface area contributed by atoms with Crippen molar-refractivity contribution in [1.82, 2.24) is 24.7 Å². The molecular weight excluding hydrogens is 444 g/mol. The minimum Gasteiger partial charge on any atom is -0.385 e. The van der Waals surface area contributed by atoms with Gasteiger partial charge in [0, 0.05) is 32.3 Å². The van der Waals surface area contributed by atoms with Crippen LogP contribution in [0, 0.1) is 0 Å². The lowest BCUT2D eigenvalue weighted by Crippen LogP contribution is -2.55. The number of aromatic nitrogens is 2. The summed E-state index contributed by atoms with van der Waals surface area (Å²) in [6, 6.07) is 10.6. The van der Waals surface area contributed by atoms with E-state index in [2.05, 4.69) is 64.6 Å². The van der Waals surface area contributed by atoms with Gasteiger partial charge in [0.15, 0.2) is 0 Å². The van der Waals surface area contributed by atoms with Crippen molar-refractivity contribution in [1.29, 1.82) is 0 Å². The Morgan fingerprint density at radius 3 is 2.43 bits per heavy atom. The predicted octanol–water partition coefficient (Wildman–Crippen LogP) is 2.96. The van der Waals surface area contributed by atoms with Crippen molar-refractivity contribution in [2.45, 2.75) is 43.2 Å². The van der Waals surface area contributed by atoms with Crippen molar-refractivity contribution >= 4 is 17.6 Å². The molecule has 1 N–H and O–H groups in total. The highest BCUT2D eigenvalue weighted by Crippen LogP contribution is 2.48. The number of anilines is 1. The van der Waals surface area contributed by atoms with E-state index in [1.165, 1.54) is 11.9 Å². The third-order valence-electron chi connectivity index (χ3n) is 7.64. The van der Waals surface area contributed by atoms with Gasteiger partial charge in [-0.15, -0.1) is 0 Å². The van der Waals surface area contributed by atoms with Gasteiger partial charge in [0.1, 0.15) is 12.9 Å². The number of ether oxygens (including phenoxy) is 1. The van der Waals surface area contributed by atoms with Crippen molar-refractivity contribution in [2.24, 2.45) is 0 Å². The lowest BCUT2D eigenvalue weighted by molar-refractivity contribution is -0.116. The van der Waals surface area contributed by atoms with Crippen LogP contribution in [0.15, 0.2) is 49.1 Å². The average Bonchev–Trinajstić information content (AvgIpc) is 3.11. The number of carbonyl (C=O) groups excluding carboxylic acids is 2. The van der Waals surface area contributed by atoms with Gasteiger partial charge >= 0.3 is 6.03 Å². The summed E-state index contributed by atoms with van der Waals surface area (Å²) in [6.07, 6.45) is 8.91. The third-order valence-corrected chi connectivity index (χ3v) is 7.64. The normalized spacial score (nSPS) is 24.4. The number of methoxy groups -OCH3 is 1. The zero-order valence-electron chi connectivity index (χ0n) is 20.9. The monoisotopic (exact) mass is 480 g/mol. The predicted molar refractivity (Wildman–Crippen MR) is 134 cm³/mol. The van der Waals surface area contributed by atoms with Gasteiger partial charge in [0.25, 0.3) is 0 Å². The lowest BCUT2D eigenvalue weighted by Gasteiger charge is -2.51. The molecule has 4 rings (SSSR count). The Balaban J connectivity index is 1.52. The van der Waals surface area contributed by atoms with E-state index in [9.17, 15) is 9.59 Å². The molecule has 3 amide bonds. The van der Waals surface area contributed by atoms with Crippen molar-refractivity contribution in [2.75, 3.05) is 52.8 Å². The summed E-state index contributed by atoms with van der Waals surface area (Å²) in [7, 11) is 5.97. The number of nitrogens with zero attached hydrogens (tertiary/aromatic N) is 5. The number of carbonyl (C=O) groups is 2. The highest BCUT2D eigenvalue weighted by Gasteiger charge is 2.54. The standard InChI is InChI=1S/C26H36N6O3/c1-30(2)26(21-8-5-4-6-9-21)12-10-25(11-13-26)19-31(24(34)32(25)14-7-15-35-3)18-23(33)29-22-16-27-20-28-17-22/h4-6,8-9,16-17,20H,7,10-15,18-19H2,1-3H3,(H,29,33). The van der Waals surface area contributed by atoms with E-state index in [1.807, 2.05) is 4.90 Å². The number of benzene rings is 1. The van der Waals surface area contributed by atoms with Crippen molar-refractivity contribution in [3.63, 3.8) is 0 Å². The molecule has 35 heavy (non-hydrogen) atoms. The van der Waals surface area contributed by atoms with Gasteiger partial charge in [-0.1, -0.05) is 30.3 Å². The first-order valence-electron chi connectivity index (χ1n) is 12.2. The van der Waals surface area contributed by atoms with Crippen LogP contribution in [-0.4, -0.2) is 89.6 Å². The minimum absolute atomic E-state index is 0.00770. The summed E-state index contributed by atoms with van der Waals surface area (Å²) in [5.41, 5.74) is 1.49. The number of rotatable bonds is 9. The Morgan fingerprint density at radius 2 is 1.80 bits per heavy atom. The summed E-state index contributed by atoms with van der Waals surface area (Å²) >= 11 is 0. The molecule has 1 saturated heterocycles. The second-order valence-corrected chi connectivity index (χ2v) is 9.83. The molecule has 0 unspecified atom stereocenters. The molecule has 0 bridgehead atoms. The molecule has 188 valence electrons. The van der Waals surface area contributed by atoms with Crippen LogP contribution in [-0.2, 0) is 15.1 Å². The van der Waals surface area contributed by atoms with E-state index >= 15 is 0 Å². The molecule has 1 aliphatic carbocycles. The molecular formula is C26H36N6O3. The topological polar surface area (TPSA) is 90.9 Å². The molecule has 1 spiro atoms. The summed E-state index contributed by atoms with van der Waals surface area (Å²) in [5.74, 6) is -0.246. The fraction of sp³-hybridized carbons (Fsp3) is 0.538. The highest BCUT2D eigenvalue weighted by molar-refractivity contribution is 5.94. The summed E-state index contributed by atoms with van der Waals surface area (Å²) in [6.45, 7) is 1.78. The first-order chi connectivity index (χ1) is 16.9. The quantitative estimate of drug-likeness (QED) is 0.555. The third kappa shape index (κ3) is 5.16. The molecule has 9 nitrogen and oxygen atoms in total. The fourth-order valence-electron chi connectivity index (χ4n) is 5.74. The van der Waals surface area contributed by atoms with Crippen molar-refractivity contribution < 1.29 is 14.3 Å². The van der Waals surface area contributed by atoms with E-state index in [0.717, 1.165) is 32.1 Å². The first-order valence-corrected chi connectivity index (χ1v) is 12.2. The zero-order chi connectivity index (χ0) is 24.9. The SMILES string of the molecule is COCCCN1C(=O)N(CC(=O)Nc2cncnc2)CC12CCC(c1ccccc1)(N(C)C)CC2. The number of nitrogens with one attached hydrogen (secondary N) is 1.